The second kappa shape index (κ2) is 4.38. The lowest BCUT2D eigenvalue weighted by atomic mass is 10.1. The predicted molar refractivity (Wildman–Crippen MR) is 49.4 cm³/mol. The normalized spacial score (nSPS) is 11.2. The molecule has 0 bridgehead atoms. The summed E-state index contributed by atoms with van der Waals surface area (Å²) in [5, 5.41) is 0. The van der Waals surface area contributed by atoms with Crippen molar-refractivity contribution in [2.75, 3.05) is 12.8 Å². The van der Waals surface area contributed by atoms with Crippen molar-refractivity contribution in [2.45, 2.75) is 12.6 Å². The third-order valence-corrected chi connectivity index (χ3v) is 1.95. The number of nitrogens with two attached hydrogens (primary N) is 1. The van der Waals surface area contributed by atoms with Crippen LogP contribution in [0.15, 0.2) is 12.4 Å². The average Bonchev–Trinajstić information content (AvgIpc) is 2.19. The summed E-state index contributed by atoms with van der Waals surface area (Å²) >= 11 is 0. The Morgan fingerprint density at radius 3 is 2.62 bits per heavy atom. The minimum absolute atomic E-state index is 0.180. The smallest absolute Gasteiger partial charge is 0.418 e. The van der Waals surface area contributed by atoms with E-state index in [4.69, 9.17) is 5.73 Å². The van der Waals surface area contributed by atoms with Crippen molar-refractivity contribution in [3.63, 3.8) is 0 Å². The molecule has 16 heavy (non-hydrogen) atoms. The van der Waals surface area contributed by atoms with Gasteiger partial charge in [-0.25, -0.2) is 0 Å². The number of aromatic nitrogens is 1. The number of esters is 1. The largest absolute Gasteiger partial charge is 0.469 e. The first kappa shape index (κ1) is 12.3. The van der Waals surface area contributed by atoms with Crippen LogP contribution in [0.4, 0.5) is 18.9 Å². The lowest BCUT2D eigenvalue weighted by Gasteiger charge is -2.13. The van der Waals surface area contributed by atoms with Crippen molar-refractivity contribution in [1.82, 2.24) is 4.98 Å². The molecule has 0 radical (unpaired) electrons. The Morgan fingerprint density at radius 1 is 1.50 bits per heavy atom. The van der Waals surface area contributed by atoms with E-state index >= 15 is 0 Å². The molecule has 1 heterocycles. The fraction of sp³-hybridized carbons (Fsp3) is 0.333. The molecule has 88 valence electrons. The van der Waals surface area contributed by atoms with E-state index in [1.807, 2.05) is 0 Å². The zero-order valence-corrected chi connectivity index (χ0v) is 8.34. The van der Waals surface area contributed by atoms with E-state index in [9.17, 15) is 18.0 Å². The standard InChI is InChI=1S/C9H9F3N2O2/c1-16-8(15)2-5-6(9(10,11)12)3-14-4-7(5)13/h3-4H,2,13H2,1H3. The van der Waals surface area contributed by atoms with Gasteiger partial charge in [0.25, 0.3) is 0 Å². The van der Waals surface area contributed by atoms with Crippen molar-refractivity contribution >= 4 is 11.7 Å². The maximum absolute atomic E-state index is 12.5. The number of rotatable bonds is 2. The highest BCUT2D eigenvalue weighted by molar-refractivity contribution is 5.75. The highest BCUT2D eigenvalue weighted by Crippen LogP contribution is 2.33. The summed E-state index contributed by atoms with van der Waals surface area (Å²) < 4.78 is 41.9. The minimum Gasteiger partial charge on any atom is -0.469 e. The Hall–Kier alpha value is -1.79. The Bertz CT molecular complexity index is 404. The third-order valence-electron chi connectivity index (χ3n) is 1.95. The number of nitrogen functional groups attached to an aromatic ring is 1. The molecule has 0 atom stereocenters. The monoisotopic (exact) mass is 234 g/mol. The van der Waals surface area contributed by atoms with Crippen LogP contribution in [0.5, 0.6) is 0 Å². The third kappa shape index (κ3) is 2.62. The van der Waals surface area contributed by atoms with Gasteiger partial charge in [-0.15, -0.1) is 0 Å². The molecule has 7 heteroatoms. The van der Waals surface area contributed by atoms with Crippen LogP contribution in [-0.4, -0.2) is 18.1 Å². The van der Waals surface area contributed by atoms with E-state index < -0.39 is 24.1 Å². The van der Waals surface area contributed by atoms with E-state index in [0.29, 0.717) is 6.20 Å². The van der Waals surface area contributed by atoms with E-state index in [0.717, 1.165) is 13.3 Å². The number of pyridine rings is 1. The first-order valence-corrected chi connectivity index (χ1v) is 4.22. The Labute approximate surface area is 89.2 Å². The molecule has 4 nitrogen and oxygen atoms in total. The first-order valence-electron chi connectivity index (χ1n) is 4.22. The molecule has 0 saturated carbocycles. The van der Waals surface area contributed by atoms with Crippen LogP contribution in [0.1, 0.15) is 11.1 Å². The zero-order chi connectivity index (χ0) is 12.3. The quantitative estimate of drug-likeness (QED) is 0.785. The number of alkyl halides is 3. The molecule has 1 aromatic heterocycles. The number of methoxy groups -OCH3 is 1. The van der Waals surface area contributed by atoms with Gasteiger partial charge in [0, 0.05) is 11.8 Å². The molecule has 0 aliphatic heterocycles. The number of hydrogen-bond acceptors (Lipinski definition) is 4. The molecule has 0 fully saturated rings. The molecule has 0 unspecified atom stereocenters. The average molecular weight is 234 g/mol. The van der Waals surface area contributed by atoms with Gasteiger partial charge in [-0.05, 0) is 0 Å². The number of nitrogens with zero attached hydrogens (tertiary/aromatic N) is 1. The topological polar surface area (TPSA) is 65.2 Å². The molecule has 1 aromatic rings. The summed E-state index contributed by atoms with van der Waals surface area (Å²) in [5.74, 6) is -0.789. The fourth-order valence-corrected chi connectivity index (χ4v) is 1.16. The maximum atomic E-state index is 12.5. The number of carbonyl (C=O) groups excluding carboxylic acids is 1. The van der Waals surface area contributed by atoms with Gasteiger partial charge in [0.2, 0.25) is 0 Å². The summed E-state index contributed by atoms with van der Waals surface area (Å²) in [6, 6.07) is 0. The van der Waals surface area contributed by atoms with Crippen molar-refractivity contribution in [3.05, 3.63) is 23.5 Å². The lowest BCUT2D eigenvalue weighted by Crippen LogP contribution is -2.15. The zero-order valence-electron chi connectivity index (χ0n) is 8.34. The van der Waals surface area contributed by atoms with Crippen LogP contribution < -0.4 is 5.73 Å². The molecule has 0 aliphatic carbocycles. The van der Waals surface area contributed by atoms with Gasteiger partial charge in [-0.2, -0.15) is 13.2 Å². The van der Waals surface area contributed by atoms with E-state index in [-0.39, 0.29) is 11.3 Å². The van der Waals surface area contributed by atoms with Crippen LogP contribution in [0, 0.1) is 0 Å². The van der Waals surface area contributed by atoms with E-state index in [1.165, 1.54) is 0 Å². The summed E-state index contributed by atoms with van der Waals surface area (Å²) in [7, 11) is 1.09. The van der Waals surface area contributed by atoms with E-state index in [1.54, 1.807) is 0 Å². The second-order valence-corrected chi connectivity index (χ2v) is 3.01. The van der Waals surface area contributed by atoms with Crippen molar-refractivity contribution in [2.24, 2.45) is 0 Å². The summed E-state index contributed by atoms with van der Waals surface area (Å²) in [5.41, 5.74) is 3.84. The molecular formula is C9H9F3N2O2. The van der Waals surface area contributed by atoms with Crippen LogP contribution in [-0.2, 0) is 22.1 Å². The second-order valence-electron chi connectivity index (χ2n) is 3.01. The summed E-state index contributed by atoms with van der Waals surface area (Å²) in [4.78, 5) is 14.3. The molecule has 0 aromatic carbocycles. The summed E-state index contributed by atoms with van der Waals surface area (Å²) in [6.07, 6.45) is -3.42. The van der Waals surface area contributed by atoms with Crippen molar-refractivity contribution < 1.29 is 22.7 Å². The highest BCUT2D eigenvalue weighted by Gasteiger charge is 2.35. The molecule has 1 rings (SSSR count). The van der Waals surface area contributed by atoms with Gasteiger partial charge in [0.15, 0.2) is 0 Å². The van der Waals surface area contributed by atoms with Gasteiger partial charge < -0.3 is 10.5 Å². The predicted octanol–water partition coefficient (Wildman–Crippen LogP) is 1.40. The van der Waals surface area contributed by atoms with Crippen LogP contribution in [0.25, 0.3) is 0 Å². The molecule has 0 spiro atoms. The lowest BCUT2D eigenvalue weighted by molar-refractivity contribution is -0.141. The Kier molecular flexibility index (Phi) is 3.36. The number of halogens is 3. The molecule has 2 N–H and O–H groups in total. The molecule has 0 amide bonds. The number of carbonyl (C=O) groups is 1. The fourth-order valence-electron chi connectivity index (χ4n) is 1.16. The van der Waals surface area contributed by atoms with Gasteiger partial charge in [0.05, 0.1) is 31.0 Å². The van der Waals surface area contributed by atoms with Crippen molar-refractivity contribution in [1.29, 1.82) is 0 Å². The molecule has 0 aliphatic rings. The minimum atomic E-state index is -4.59. The maximum Gasteiger partial charge on any atom is 0.418 e. The SMILES string of the molecule is COC(=O)Cc1c(N)cncc1C(F)(F)F. The van der Waals surface area contributed by atoms with Crippen molar-refractivity contribution in [3.8, 4) is 0 Å². The number of ether oxygens (including phenoxy) is 1. The molecule has 0 saturated heterocycles. The number of hydrogen-bond donors (Lipinski definition) is 1. The Balaban J connectivity index is 3.19. The number of anilines is 1. The summed E-state index contributed by atoms with van der Waals surface area (Å²) in [6.45, 7) is 0. The Morgan fingerprint density at radius 2 is 2.12 bits per heavy atom. The van der Waals surface area contributed by atoms with E-state index in [2.05, 4.69) is 9.72 Å². The van der Waals surface area contributed by atoms with Gasteiger partial charge in [-0.3, -0.25) is 9.78 Å². The van der Waals surface area contributed by atoms with Gasteiger partial charge in [-0.1, -0.05) is 0 Å². The first-order chi connectivity index (χ1) is 7.36. The van der Waals surface area contributed by atoms with Gasteiger partial charge in [0.1, 0.15) is 0 Å². The molecular weight excluding hydrogens is 225 g/mol. The van der Waals surface area contributed by atoms with Crippen LogP contribution >= 0.6 is 0 Å². The van der Waals surface area contributed by atoms with Gasteiger partial charge >= 0.3 is 12.1 Å². The highest BCUT2D eigenvalue weighted by atomic mass is 19.4. The van der Waals surface area contributed by atoms with Crippen LogP contribution in [0.2, 0.25) is 0 Å². The van der Waals surface area contributed by atoms with Crippen LogP contribution in [0.3, 0.4) is 0 Å².